The number of aliphatic hydroxyl groups is 1. The van der Waals surface area contributed by atoms with E-state index in [2.05, 4.69) is 0 Å². The number of Topliss-reactive ketones (excluding diaryl/α,β-unsaturated/α-hetero) is 1. The van der Waals surface area contributed by atoms with Gasteiger partial charge in [-0.25, -0.2) is 0 Å². The van der Waals surface area contributed by atoms with E-state index in [-0.39, 0.29) is 17.4 Å². The largest absolute Gasteiger partial charge is 0.507 e. The monoisotopic (exact) mass is 488 g/mol. The van der Waals surface area contributed by atoms with E-state index in [1.807, 2.05) is 42.5 Å². The lowest BCUT2D eigenvalue weighted by Gasteiger charge is -2.41. The predicted octanol–water partition coefficient (Wildman–Crippen LogP) is 7.55. The number of aliphatic hydroxyl groups excluding tert-OH is 1. The van der Waals surface area contributed by atoms with Gasteiger partial charge in [0.05, 0.1) is 0 Å². The number of carbonyl (C=O) groups is 1. The first-order valence-corrected chi connectivity index (χ1v) is 11.9. The van der Waals surface area contributed by atoms with Gasteiger partial charge in [-0.2, -0.15) is 0 Å². The molecule has 0 spiro atoms. The van der Waals surface area contributed by atoms with E-state index in [1.54, 1.807) is 41.3 Å². The molecule has 0 bridgehead atoms. The normalized spacial score (nSPS) is 19.8. The lowest BCUT2D eigenvalue weighted by atomic mass is 9.73. The van der Waals surface area contributed by atoms with Crippen LogP contribution in [0.4, 0.5) is 5.69 Å². The summed E-state index contributed by atoms with van der Waals surface area (Å²) < 4.78 is 0. The Morgan fingerprint density at radius 1 is 0.912 bits per heavy atom. The Balaban J connectivity index is 1.83. The van der Waals surface area contributed by atoms with Crippen molar-refractivity contribution in [2.24, 2.45) is 0 Å². The van der Waals surface area contributed by atoms with Crippen LogP contribution >= 0.6 is 23.2 Å². The van der Waals surface area contributed by atoms with E-state index >= 15 is 0 Å². The fraction of sp³-hybridized carbons (Fsp3) is 0.143. The third-order valence-corrected chi connectivity index (χ3v) is 6.81. The van der Waals surface area contributed by atoms with Crippen molar-refractivity contribution in [1.82, 2.24) is 0 Å². The maximum Gasteiger partial charge on any atom is 0.161 e. The van der Waals surface area contributed by atoms with Gasteiger partial charge in [0, 0.05) is 50.5 Å². The molecular formula is C28H22Cl2N2O2. The number of hydrogen-bond donors (Lipinski definition) is 2. The van der Waals surface area contributed by atoms with Crippen LogP contribution in [0.2, 0.25) is 10.0 Å². The lowest BCUT2D eigenvalue weighted by Crippen LogP contribution is -2.42. The fourth-order valence-electron chi connectivity index (χ4n) is 4.83. The molecule has 3 aromatic rings. The highest BCUT2D eigenvalue weighted by molar-refractivity contribution is 6.31. The Morgan fingerprint density at radius 2 is 1.65 bits per heavy atom. The van der Waals surface area contributed by atoms with Crippen LogP contribution in [0.15, 0.2) is 95.7 Å². The van der Waals surface area contributed by atoms with E-state index in [4.69, 9.17) is 23.2 Å². The number of allylic oxidation sites excluding steroid dienone is 2. The van der Waals surface area contributed by atoms with Gasteiger partial charge < -0.3 is 5.11 Å². The average molecular weight is 489 g/mol. The summed E-state index contributed by atoms with van der Waals surface area (Å²) in [6.45, 7) is 0. The summed E-state index contributed by atoms with van der Waals surface area (Å²) >= 11 is 12.5. The Labute approximate surface area is 208 Å². The Kier molecular flexibility index (Phi) is 6.03. The molecule has 0 fully saturated rings. The van der Waals surface area contributed by atoms with Crippen LogP contribution in [0.1, 0.15) is 36.3 Å². The zero-order valence-corrected chi connectivity index (χ0v) is 19.8. The molecule has 3 aromatic carbocycles. The minimum Gasteiger partial charge on any atom is -0.507 e. The summed E-state index contributed by atoms with van der Waals surface area (Å²) in [5, 5.41) is 21.9. The molecule has 34 heavy (non-hydrogen) atoms. The van der Waals surface area contributed by atoms with Gasteiger partial charge in [-0.1, -0.05) is 71.7 Å². The molecule has 170 valence electrons. The zero-order chi connectivity index (χ0) is 23.8. The highest BCUT2D eigenvalue weighted by Gasteiger charge is 2.43. The molecule has 1 aliphatic heterocycles. The van der Waals surface area contributed by atoms with Crippen LogP contribution in [0.5, 0.6) is 0 Å². The molecule has 0 amide bonds. The maximum absolute atomic E-state index is 13.4. The first-order chi connectivity index (χ1) is 16.5. The van der Waals surface area contributed by atoms with Crippen molar-refractivity contribution in [2.45, 2.75) is 25.2 Å². The van der Waals surface area contributed by atoms with Crippen LogP contribution in [0.3, 0.4) is 0 Å². The van der Waals surface area contributed by atoms with Gasteiger partial charge in [0.15, 0.2) is 5.78 Å². The van der Waals surface area contributed by atoms with Crippen LogP contribution < -0.4 is 4.90 Å². The van der Waals surface area contributed by atoms with Crippen molar-refractivity contribution < 1.29 is 9.90 Å². The summed E-state index contributed by atoms with van der Waals surface area (Å²) in [4.78, 5) is 15.2. The Hall–Kier alpha value is -3.34. The smallest absolute Gasteiger partial charge is 0.161 e. The van der Waals surface area contributed by atoms with E-state index in [1.165, 1.54) is 0 Å². The molecule has 1 unspecified atom stereocenters. The number of amidine groups is 1. The second-order valence-corrected chi connectivity index (χ2v) is 9.29. The van der Waals surface area contributed by atoms with Crippen molar-refractivity contribution in [3.8, 4) is 0 Å². The number of ketones is 1. The first kappa shape index (κ1) is 22.5. The number of anilines is 1. The molecule has 0 saturated heterocycles. The number of nitrogens with one attached hydrogen (secondary N) is 1. The molecule has 1 atom stereocenters. The van der Waals surface area contributed by atoms with E-state index < -0.39 is 5.92 Å². The summed E-state index contributed by atoms with van der Waals surface area (Å²) in [5.74, 6) is -0.457. The van der Waals surface area contributed by atoms with Crippen molar-refractivity contribution >= 4 is 46.3 Å². The summed E-state index contributed by atoms with van der Waals surface area (Å²) in [6.07, 6.45) is 1.79. The standard InChI is InChI=1S/C28H22Cl2N2O2/c29-19-14-12-17(13-15-19)24-25-22(10-5-11-23(25)33)32(21-9-4-8-20(30)16-21)28(31)26(24)27(34)18-6-2-1-3-7-18/h1-4,6-9,12-16,24,31,34H,5,10-11H2/b27-26+,31-28?. The number of carbonyl (C=O) groups excluding carboxylic acids is 1. The molecule has 0 saturated carbocycles. The molecule has 2 N–H and O–H groups in total. The van der Waals surface area contributed by atoms with Crippen molar-refractivity contribution in [3.05, 3.63) is 117 Å². The van der Waals surface area contributed by atoms with Crippen molar-refractivity contribution in [2.75, 3.05) is 4.90 Å². The van der Waals surface area contributed by atoms with Gasteiger partial charge in [0.25, 0.3) is 0 Å². The van der Waals surface area contributed by atoms with Gasteiger partial charge in [-0.05, 0) is 48.7 Å². The Morgan fingerprint density at radius 3 is 2.35 bits per heavy atom. The fourth-order valence-corrected chi connectivity index (χ4v) is 5.14. The Bertz CT molecular complexity index is 1340. The SMILES string of the molecule is N=C1/C(=C(/O)c2ccccc2)C(c2ccc(Cl)cc2)C2=C(CCCC2=O)N1c1cccc(Cl)c1. The maximum atomic E-state index is 13.4. The molecule has 4 nitrogen and oxygen atoms in total. The van der Waals surface area contributed by atoms with Gasteiger partial charge >= 0.3 is 0 Å². The lowest BCUT2D eigenvalue weighted by molar-refractivity contribution is -0.116. The molecule has 1 aliphatic carbocycles. The molecule has 6 heteroatoms. The number of hydrogen-bond acceptors (Lipinski definition) is 3. The van der Waals surface area contributed by atoms with Crippen LogP contribution in [0, 0.1) is 5.41 Å². The molecule has 2 aliphatic rings. The summed E-state index contributed by atoms with van der Waals surface area (Å²) in [6, 6.07) is 23.6. The van der Waals surface area contributed by atoms with Crippen LogP contribution in [-0.4, -0.2) is 16.7 Å². The van der Waals surface area contributed by atoms with Crippen LogP contribution in [0.25, 0.3) is 5.76 Å². The molecule has 1 heterocycles. The average Bonchev–Trinajstić information content (AvgIpc) is 2.84. The summed E-state index contributed by atoms with van der Waals surface area (Å²) in [7, 11) is 0. The highest BCUT2D eigenvalue weighted by Crippen LogP contribution is 2.48. The second-order valence-electron chi connectivity index (χ2n) is 8.41. The second kappa shape index (κ2) is 9.13. The quantitative estimate of drug-likeness (QED) is 0.374. The molecule has 5 rings (SSSR count). The number of nitrogens with zero attached hydrogens (tertiary/aromatic N) is 1. The molecular weight excluding hydrogens is 467 g/mol. The third kappa shape index (κ3) is 3.93. The van der Waals surface area contributed by atoms with Gasteiger partial charge in [-0.3, -0.25) is 15.1 Å². The van der Waals surface area contributed by atoms with Gasteiger partial charge in [0.2, 0.25) is 0 Å². The van der Waals surface area contributed by atoms with Gasteiger partial charge in [0.1, 0.15) is 11.6 Å². The van der Waals surface area contributed by atoms with Crippen molar-refractivity contribution in [3.63, 3.8) is 0 Å². The summed E-state index contributed by atoms with van der Waals surface area (Å²) in [5.41, 5.74) is 3.85. The first-order valence-electron chi connectivity index (χ1n) is 11.1. The highest BCUT2D eigenvalue weighted by atomic mass is 35.5. The van der Waals surface area contributed by atoms with E-state index in [9.17, 15) is 15.3 Å². The molecule has 0 radical (unpaired) electrons. The van der Waals surface area contributed by atoms with E-state index in [0.717, 1.165) is 11.3 Å². The van der Waals surface area contributed by atoms with Crippen LogP contribution in [-0.2, 0) is 4.79 Å². The predicted molar refractivity (Wildman–Crippen MR) is 138 cm³/mol. The number of rotatable bonds is 3. The minimum absolute atomic E-state index is 0.0255. The molecule has 0 aromatic heterocycles. The zero-order valence-electron chi connectivity index (χ0n) is 18.3. The number of halogens is 2. The van der Waals surface area contributed by atoms with Crippen molar-refractivity contribution in [1.29, 1.82) is 5.41 Å². The minimum atomic E-state index is -0.580. The third-order valence-electron chi connectivity index (χ3n) is 6.33. The number of benzene rings is 3. The van der Waals surface area contributed by atoms with Gasteiger partial charge in [-0.15, -0.1) is 0 Å². The topological polar surface area (TPSA) is 64.4 Å². The van der Waals surface area contributed by atoms with E-state index in [0.29, 0.717) is 51.7 Å².